The predicted octanol–water partition coefficient (Wildman–Crippen LogP) is 5.86. The Labute approximate surface area is 228 Å². The van der Waals surface area contributed by atoms with Gasteiger partial charge in [-0.3, -0.25) is 9.59 Å². The zero-order chi connectivity index (χ0) is 27.4. The van der Waals surface area contributed by atoms with Crippen LogP contribution in [0, 0.1) is 13.8 Å². The summed E-state index contributed by atoms with van der Waals surface area (Å²) in [5, 5.41) is 5.70. The zero-order valence-corrected chi connectivity index (χ0v) is 21.9. The molecule has 1 atom stereocenters. The average Bonchev–Trinajstić information content (AvgIpc) is 3.04. The van der Waals surface area contributed by atoms with E-state index < -0.39 is 12.1 Å². The number of carbonyl (C=O) groups excluding carboxylic acids is 3. The topological polar surface area (TPSA) is 81.8 Å². The second-order valence-electron chi connectivity index (χ2n) is 9.62. The second-order valence-corrected chi connectivity index (χ2v) is 9.62. The first-order valence-electron chi connectivity index (χ1n) is 12.9. The number of carbonyl (C=O) groups is 3. The number of para-hydroxylation sites is 3. The van der Waals surface area contributed by atoms with Gasteiger partial charge in [-0.25, -0.2) is 4.79 Å². The molecule has 0 fully saturated rings. The third-order valence-corrected chi connectivity index (χ3v) is 6.79. The molecule has 1 heterocycles. The molecule has 4 aromatic rings. The highest BCUT2D eigenvalue weighted by molar-refractivity contribution is 6.11. The fraction of sp³-hybridized carbons (Fsp3) is 0.156. The summed E-state index contributed by atoms with van der Waals surface area (Å²) in [5.74, 6) is -0.533. The Bertz CT molecular complexity index is 1520. The Kier molecular flexibility index (Phi) is 7.41. The lowest BCUT2D eigenvalue weighted by atomic mass is 10.0. The van der Waals surface area contributed by atoms with Crippen LogP contribution in [-0.4, -0.2) is 36.9 Å². The van der Waals surface area contributed by atoms with E-state index in [4.69, 9.17) is 0 Å². The standard InChI is InChI=1S/C32H30N4O3/c1-22-11-10-13-24(19-22)33-32(39)34-27-20-35(25-14-4-3-5-15-25)28-17-8-9-18-29(28)36(31(27)38)21-30(37)26-16-7-6-12-23(26)2/h3-19,27H,20-21H2,1-2H3,(H2,33,34,39). The lowest BCUT2D eigenvalue weighted by molar-refractivity contribution is -0.119. The van der Waals surface area contributed by atoms with Crippen molar-refractivity contribution >= 4 is 40.5 Å². The smallest absolute Gasteiger partial charge is 0.319 e. The number of amides is 3. The van der Waals surface area contributed by atoms with Crippen molar-refractivity contribution in [3.05, 3.63) is 120 Å². The zero-order valence-electron chi connectivity index (χ0n) is 21.9. The Hall–Kier alpha value is -4.91. The van der Waals surface area contributed by atoms with E-state index in [1.165, 1.54) is 4.90 Å². The molecule has 0 saturated carbocycles. The quantitative estimate of drug-likeness (QED) is 0.313. The van der Waals surface area contributed by atoms with Crippen LogP contribution in [0.1, 0.15) is 21.5 Å². The molecule has 0 radical (unpaired) electrons. The van der Waals surface area contributed by atoms with Crippen molar-refractivity contribution in [2.75, 3.05) is 28.2 Å². The molecule has 2 N–H and O–H groups in total. The van der Waals surface area contributed by atoms with E-state index in [1.54, 1.807) is 12.1 Å². The first-order valence-corrected chi connectivity index (χ1v) is 12.9. The molecular formula is C32H30N4O3. The Morgan fingerprint density at radius 1 is 0.821 bits per heavy atom. The van der Waals surface area contributed by atoms with Crippen molar-refractivity contribution in [1.29, 1.82) is 0 Å². The van der Waals surface area contributed by atoms with Gasteiger partial charge >= 0.3 is 6.03 Å². The average molecular weight is 519 g/mol. The van der Waals surface area contributed by atoms with E-state index in [-0.39, 0.29) is 24.8 Å². The highest BCUT2D eigenvalue weighted by Gasteiger charge is 2.36. The van der Waals surface area contributed by atoms with E-state index in [0.717, 1.165) is 22.5 Å². The van der Waals surface area contributed by atoms with Gasteiger partial charge in [-0.2, -0.15) is 0 Å². The van der Waals surface area contributed by atoms with Gasteiger partial charge in [0.25, 0.3) is 5.91 Å². The molecule has 7 nitrogen and oxygen atoms in total. The van der Waals surface area contributed by atoms with Crippen molar-refractivity contribution in [2.24, 2.45) is 0 Å². The number of hydrogen-bond acceptors (Lipinski definition) is 4. The molecule has 0 bridgehead atoms. The highest BCUT2D eigenvalue weighted by atomic mass is 16.2. The maximum atomic E-state index is 14.1. The number of nitrogens with one attached hydrogen (secondary N) is 2. The summed E-state index contributed by atoms with van der Waals surface area (Å²) in [5.41, 5.74) is 5.29. The number of aryl methyl sites for hydroxylation is 2. The summed E-state index contributed by atoms with van der Waals surface area (Å²) in [6.45, 7) is 3.86. The van der Waals surface area contributed by atoms with Gasteiger partial charge in [0.15, 0.2) is 5.78 Å². The number of anilines is 4. The normalized spacial score (nSPS) is 14.8. The molecule has 4 aromatic carbocycles. The molecule has 39 heavy (non-hydrogen) atoms. The largest absolute Gasteiger partial charge is 0.337 e. The summed E-state index contributed by atoms with van der Waals surface area (Å²) in [4.78, 5) is 44.1. The van der Waals surface area contributed by atoms with Crippen molar-refractivity contribution in [1.82, 2.24) is 5.32 Å². The van der Waals surface area contributed by atoms with Crippen LogP contribution in [0.2, 0.25) is 0 Å². The minimum absolute atomic E-state index is 0.152. The first-order chi connectivity index (χ1) is 18.9. The highest BCUT2D eigenvalue weighted by Crippen LogP contribution is 2.37. The number of urea groups is 1. The third-order valence-electron chi connectivity index (χ3n) is 6.79. The number of Topliss-reactive ketones (excluding diaryl/α,β-unsaturated/α-hetero) is 1. The van der Waals surface area contributed by atoms with E-state index in [0.29, 0.717) is 16.9 Å². The molecule has 0 spiro atoms. The van der Waals surface area contributed by atoms with E-state index in [9.17, 15) is 14.4 Å². The molecule has 0 aliphatic carbocycles. The van der Waals surface area contributed by atoms with Crippen LogP contribution < -0.4 is 20.4 Å². The summed E-state index contributed by atoms with van der Waals surface area (Å²) >= 11 is 0. The van der Waals surface area contributed by atoms with Crippen LogP contribution in [0.4, 0.5) is 27.5 Å². The molecule has 196 valence electrons. The molecule has 0 saturated heterocycles. The Balaban J connectivity index is 1.51. The van der Waals surface area contributed by atoms with Gasteiger partial charge in [0.1, 0.15) is 6.04 Å². The molecule has 1 aliphatic heterocycles. The van der Waals surface area contributed by atoms with Crippen LogP contribution in [-0.2, 0) is 4.79 Å². The summed E-state index contributed by atoms with van der Waals surface area (Å²) in [6, 6.07) is 30.6. The summed E-state index contributed by atoms with van der Waals surface area (Å²) in [7, 11) is 0. The molecule has 1 unspecified atom stereocenters. The molecule has 5 rings (SSSR count). The van der Waals surface area contributed by atoms with Crippen LogP contribution in [0.3, 0.4) is 0 Å². The summed E-state index contributed by atoms with van der Waals surface area (Å²) < 4.78 is 0. The van der Waals surface area contributed by atoms with Crippen LogP contribution in [0.5, 0.6) is 0 Å². The second kappa shape index (κ2) is 11.2. The van der Waals surface area contributed by atoms with Gasteiger partial charge in [0, 0.05) is 16.9 Å². The van der Waals surface area contributed by atoms with E-state index in [2.05, 4.69) is 10.6 Å². The van der Waals surface area contributed by atoms with Gasteiger partial charge in [-0.1, -0.05) is 66.7 Å². The maximum absolute atomic E-state index is 14.1. The Morgan fingerprint density at radius 3 is 2.26 bits per heavy atom. The van der Waals surface area contributed by atoms with Gasteiger partial charge < -0.3 is 20.4 Å². The van der Waals surface area contributed by atoms with Crippen LogP contribution >= 0.6 is 0 Å². The molecule has 1 aliphatic rings. The number of rotatable bonds is 6. The van der Waals surface area contributed by atoms with Crippen LogP contribution in [0.25, 0.3) is 0 Å². The monoisotopic (exact) mass is 518 g/mol. The lowest BCUT2D eigenvalue weighted by Crippen LogP contribution is -2.53. The van der Waals surface area contributed by atoms with E-state index in [1.807, 2.05) is 110 Å². The third kappa shape index (κ3) is 5.67. The Morgan fingerprint density at radius 2 is 1.51 bits per heavy atom. The first kappa shape index (κ1) is 25.7. The molecule has 3 amide bonds. The fourth-order valence-corrected chi connectivity index (χ4v) is 4.87. The number of benzene rings is 4. The summed E-state index contributed by atoms with van der Waals surface area (Å²) in [6.07, 6.45) is 0. The molecule has 7 heteroatoms. The van der Waals surface area contributed by atoms with Gasteiger partial charge in [0.2, 0.25) is 0 Å². The van der Waals surface area contributed by atoms with Crippen LogP contribution in [0.15, 0.2) is 103 Å². The maximum Gasteiger partial charge on any atom is 0.319 e. The van der Waals surface area contributed by atoms with Crippen molar-refractivity contribution in [3.8, 4) is 0 Å². The minimum atomic E-state index is -0.924. The molecule has 0 aromatic heterocycles. The molecular weight excluding hydrogens is 488 g/mol. The van der Waals surface area contributed by atoms with Crippen molar-refractivity contribution in [3.63, 3.8) is 0 Å². The number of fused-ring (bicyclic) bond motifs is 1. The minimum Gasteiger partial charge on any atom is -0.337 e. The van der Waals surface area contributed by atoms with Gasteiger partial charge in [-0.15, -0.1) is 0 Å². The van der Waals surface area contributed by atoms with Gasteiger partial charge in [-0.05, 0) is 61.4 Å². The van der Waals surface area contributed by atoms with Crippen molar-refractivity contribution in [2.45, 2.75) is 19.9 Å². The lowest BCUT2D eigenvalue weighted by Gasteiger charge is -2.27. The van der Waals surface area contributed by atoms with E-state index >= 15 is 0 Å². The predicted molar refractivity (Wildman–Crippen MR) is 155 cm³/mol. The van der Waals surface area contributed by atoms with Gasteiger partial charge in [0.05, 0.1) is 24.5 Å². The van der Waals surface area contributed by atoms with Crippen molar-refractivity contribution < 1.29 is 14.4 Å². The number of ketones is 1. The fourth-order valence-electron chi connectivity index (χ4n) is 4.87. The SMILES string of the molecule is Cc1cccc(NC(=O)NC2CN(c3ccccc3)c3ccccc3N(CC(=O)c3ccccc3C)C2=O)c1. The number of nitrogens with zero attached hydrogens (tertiary/aromatic N) is 2. The number of hydrogen-bond donors (Lipinski definition) is 2.